The number of hydrogen-bond acceptors (Lipinski definition) is 5. The van der Waals surface area contributed by atoms with E-state index in [0.29, 0.717) is 12.2 Å². The number of para-hydroxylation sites is 1. The van der Waals surface area contributed by atoms with E-state index in [2.05, 4.69) is 0 Å². The third-order valence-corrected chi connectivity index (χ3v) is 6.92. The standard InChI is InChI=1S/C32H28N2O5/c1-23(34-30(21-38-32(34)37)26-12-4-2-5-13-26)29(33(22-35)31(36)39-27-16-6-3-7-17-27)20-19-25-15-10-14-24-11-8-9-18-28(24)25/h2-20,22-23,29-30H,21H2,1H3/b20-19+/t23-,29-,30-/m1/s1. The number of fused-ring (bicyclic) bond motifs is 1. The van der Waals surface area contributed by atoms with Crippen molar-refractivity contribution in [1.29, 1.82) is 0 Å². The van der Waals surface area contributed by atoms with Crippen LogP contribution < -0.4 is 4.74 Å². The predicted octanol–water partition coefficient (Wildman–Crippen LogP) is 6.46. The normalized spacial score (nSPS) is 16.6. The first-order valence-corrected chi connectivity index (χ1v) is 12.7. The van der Waals surface area contributed by atoms with Gasteiger partial charge in [-0.05, 0) is 41.0 Å². The van der Waals surface area contributed by atoms with E-state index in [1.165, 1.54) is 0 Å². The Morgan fingerprint density at radius 2 is 1.62 bits per heavy atom. The molecule has 1 aliphatic heterocycles. The van der Waals surface area contributed by atoms with E-state index in [1.807, 2.05) is 78.9 Å². The highest BCUT2D eigenvalue weighted by Crippen LogP contribution is 2.32. The van der Waals surface area contributed by atoms with Crippen LogP contribution in [0, 0.1) is 0 Å². The number of amides is 3. The molecule has 0 saturated carbocycles. The Balaban J connectivity index is 1.53. The fraction of sp³-hybridized carbons (Fsp3) is 0.156. The van der Waals surface area contributed by atoms with Crippen molar-refractivity contribution in [2.75, 3.05) is 6.61 Å². The van der Waals surface area contributed by atoms with Crippen molar-refractivity contribution >= 4 is 35.4 Å². The van der Waals surface area contributed by atoms with Crippen LogP contribution in [-0.2, 0) is 9.53 Å². The Morgan fingerprint density at radius 1 is 0.949 bits per heavy atom. The largest absolute Gasteiger partial charge is 0.447 e. The van der Waals surface area contributed by atoms with Gasteiger partial charge in [0.05, 0.1) is 18.1 Å². The molecule has 0 N–H and O–H groups in total. The van der Waals surface area contributed by atoms with Gasteiger partial charge in [-0.2, -0.15) is 0 Å². The Bertz CT molecular complexity index is 1480. The third kappa shape index (κ3) is 5.52. The first-order chi connectivity index (χ1) is 19.1. The maximum atomic E-state index is 13.3. The summed E-state index contributed by atoms with van der Waals surface area (Å²) in [4.78, 5) is 41.2. The molecular weight excluding hydrogens is 492 g/mol. The fourth-order valence-corrected chi connectivity index (χ4v) is 4.94. The Morgan fingerprint density at radius 3 is 2.36 bits per heavy atom. The van der Waals surface area contributed by atoms with Gasteiger partial charge in [0, 0.05) is 0 Å². The molecule has 7 nitrogen and oxygen atoms in total. The molecule has 1 saturated heterocycles. The van der Waals surface area contributed by atoms with Crippen LogP contribution in [0.15, 0.2) is 109 Å². The highest BCUT2D eigenvalue weighted by Gasteiger charge is 2.42. The molecule has 0 spiro atoms. The maximum absolute atomic E-state index is 13.3. The smallest absolute Gasteiger partial charge is 0.422 e. The van der Waals surface area contributed by atoms with E-state index in [-0.39, 0.29) is 12.6 Å². The molecule has 4 aromatic carbocycles. The summed E-state index contributed by atoms with van der Waals surface area (Å²) in [6.45, 7) is 1.97. The second kappa shape index (κ2) is 11.6. The lowest BCUT2D eigenvalue weighted by Crippen LogP contribution is -2.52. The van der Waals surface area contributed by atoms with E-state index in [1.54, 1.807) is 48.2 Å². The molecule has 3 atom stereocenters. The van der Waals surface area contributed by atoms with Crippen LogP contribution in [0.1, 0.15) is 24.1 Å². The quantitative estimate of drug-likeness (QED) is 0.249. The lowest BCUT2D eigenvalue weighted by atomic mass is 9.99. The molecule has 0 aliphatic carbocycles. The SMILES string of the molecule is C[C@H]([C@@H](/C=C/c1cccc2ccccc12)N(C=O)C(=O)Oc1ccccc1)N1C(=O)OC[C@@H]1c1ccccc1. The molecule has 0 radical (unpaired) electrons. The predicted molar refractivity (Wildman–Crippen MR) is 149 cm³/mol. The van der Waals surface area contributed by atoms with E-state index >= 15 is 0 Å². The van der Waals surface area contributed by atoms with Crippen LogP contribution in [0.2, 0.25) is 0 Å². The van der Waals surface area contributed by atoms with Gasteiger partial charge >= 0.3 is 12.2 Å². The van der Waals surface area contributed by atoms with Gasteiger partial charge in [-0.15, -0.1) is 0 Å². The average molecular weight is 521 g/mol. The lowest BCUT2D eigenvalue weighted by molar-refractivity contribution is -0.118. The number of carbonyl (C=O) groups is 3. The van der Waals surface area contributed by atoms with E-state index in [0.717, 1.165) is 26.8 Å². The monoisotopic (exact) mass is 520 g/mol. The first-order valence-electron chi connectivity index (χ1n) is 12.7. The van der Waals surface area contributed by atoms with Crippen molar-refractivity contribution in [2.24, 2.45) is 0 Å². The second-order valence-electron chi connectivity index (χ2n) is 9.26. The minimum Gasteiger partial charge on any atom is -0.447 e. The third-order valence-electron chi connectivity index (χ3n) is 6.92. The van der Waals surface area contributed by atoms with Gasteiger partial charge in [0.2, 0.25) is 6.41 Å². The van der Waals surface area contributed by atoms with Gasteiger partial charge in [-0.1, -0.05) is 103 Å². The van der Waals surface area contributed by atoms with Crippen LogP contribution in [0.3, 0.4) is 0 Å². The number of cyclic esters (lactones) is 1. The van der Waals surface area contributed by atoms with Gasteiger partial charge in [-0.25, -0.2) is 14.5 Å². The van der Waals surface area contributed by atoms with Crippen LogP contribution in [0.5, 0.6) is 5.75 Å². The molecule has 0 aromatic heterocycles. The maximum Gasteiger partial charge on any atom is 0.422 e. The van der Waals surface area contributed by atoms with Crippen LogP contribution in [-0.4, -0.2) is 47.1 Å². The fourth-order valence-electron chi connectivity index (χ4n) is 4.94. The minimum atomic E-state index is -0.852. The van der Waals surface area contributed by atoms with Gasteiger partial charge in [-0.3, -0.25) is 9.69 Å². The van der Waals surface area contributed by atoms with Crippen molar-refractivity contribution in [3.8, 4) is 5.75 Å². The molecule has 3 amide bonds. The Hall–Kier alpha value is -4.91. The Labute approximate surface area is 226 Å². The van der Waals surface area contributed by atoms with Crippen molar-refractivity contribution < 1.29 is 23.9 Å². The average Bonchev–Trinajstić information content (AvgIpc) is 3.37. The number of imide groups is 1. The van der Waals surface area contributed by atoms with Gasteiger partial charge in [0.1, 0.15) is 12.4 Å². The summed E-state index contributed by atoms with van der Waals surface area (Å²) in [5.74, 6) is 0.307. The van der Waals surface area contributed by atoms with Crippen LogP contribution >= 0.6 is 0 Å². The topological polar surface area (TPSA) is 76.2 Å². The van der Waals surface area contributed by atoms with Crippen molar-refractivity contribution in [1.82, 2.24) is 9.80 Å². The molecular formula is C32H28N2O5. The summed E-state index contributed by atoms with van der Waals surface area (Å²) in [7, 11) is 0. The van der Waals surface area contributed by atoms with Gasteiger partial charge in [0.15, 0.2) is 0 Å². The molecule has 7 heteroatoms. The molecule has 0 bridgehead atoms. The molecule has 4 aromatic rings. The highest BCUT2D eigenvalue weighted by atomic mass is 16.6. The van der Waals surface area contributed by atoms with Crippen LogP contribution in [0.4, 0.5) is 9.59 Å². The summed E-state index contributed by atoms with van der Waals surface area (Å²) < 4.78 is 10.9. The number of carbonyl (C=O) groups excluding carboxylic acids is 3. The van der Waals surface area contributed by atoms with E-state index in [4.69, 9.17) is 9.47 Å². The summed E-state index contributed by atoms with van der Waals surface area (Å²) in [5, 5.41) is 2.09. The van der Waals surface area contributed by atoms with Crippen molar-refractivity contribution in [3.63, 3.8) is 0 Å². The highest BCUT2D eigenvalue weighted by molar-refractivity contribution is 5.91. The van der Waals surface area contributed by atoms with Crippen molar-refractivity contribution in [2.45, 2.75) is 25.0 Å². The molecule has 39 heavy (non-hydrogen) atoms. The number of ether oxygens (including phenoxy) is 2. The second-order valence-corrected chi connectivity index (χ2v) is 9.26. The zero-order valence-electron chi connectivity index (χ0n) is 21.4. The number of hydrogen-bond donors (Lipinski definition) is 0. The number of nitrogens with zero attached hydrogens (tertiary/aromatic N) is 2. The van der Waals surface area contributed by atoms with Gasteiger partial charge < -0.3 is 9.47 Å². The number of rotatable bonds is 8. The summed E-state index contributed by atoms with van der Waals surface area (Å²) in [5.41, 5.74) is 1.81. The van der Waals surface area contributed by atoms with Gasteiger partial charge in [0.25, 0.3) is 0 Å². The molecule has 196 valence electrons. The van der Waals surface area contributed by atoms with Crippen molar-refractivity contribution in [3.05, 3.63) is 120 Å². The molecule has 1 heterocycles. The number of benzene rings is 4. The minimum absolute atomic E-state index is 0.169. The zero-order chi connectivity index (χ0) is 27.2. The molecule has 5 rings (SSSR count). The lowest BCUT2D eigenvalue weighted by Gasteiger charge is -2.36. The summed E-state index contributed by atoms with van der Waals surface area (Å²) >= 11 is 0. The summed E-state index contributed by atoms with van der Waals surface area (Å²) in [6.07, 6.45) is 2.72. The van der Waals surface area contributed by atoms with E-state index < -0.39 is 24.3 Å². The zero-order valence-corrected chi connectivity index (χ0v) is 21.4. The molecule has 1 aliphatic rings. The molecule has 1 fully saturated rings. The molecule has 0 unspecified atom stereocenters. The Kier molecular flexibility index (Phi) is 7.68. The first kappa shape index (κ1) is 25.7. The van der Waals surface area contributed by atoms with E-state index in [9.17, 15) is 14.4 Å². The van der Waals surface area contributed by atoms with Crippen LogP contribution in [0.25, 0.3) is 16.8 Å². The summed E-state index contributed by atoms with van der Waals surface area (Å²) in [6, 6.07) is 30.1.